The number of fused-ring (bicyclic) bond motifs is 9. The van der Waals surface area contributed by atoms with Crippen molar-refractivity contribution in [1.29, 1.82) is 0 Å². The highest BCUT2D eigenvalue weighted by molar-refractivity contribution is 6.00. The molecule has 0 bridgehead atoms. The van der Waals surface area contributed by atoms with Crippen LogP contribution in [0.2, 0.25) is 0 Å². The summed E-state index contributed by atoms with van der Waals surface area (Å²) >= 11 is 0. The van der Waals surface area contributed by atoms with Crippen molar-refractivity contribution in [2.24, 2.45) is 5.92 Å². The van der Waals surface area contributed by atoms with Crippen LogP contribution in [0, 0.1) is 5.92 Å². The van der Waals surface area contributed by atoms with Crippen molar-refractivity contribution < 1.29 is 0 Å². The number of para-hydroxylation sites is 3. The Labute approximate surface area is 254 Å². The van der Waals surface area contributed by atoms with E-state index in [1.54, 1.807) is 0 Å². The van der Waals surface area contributed by atoms with Crippen LogP contribution in [0.4, 0.5) is 17.1 Å². The van der Waals surface area contributed by atoms with E-state index in [-0.39, 0.29) is 0 Å². The zero-order valence-corrected chi connectivity index (χ0v) is 24.8. The van der Waals surface area contributed by atoms with Gasteiger partial charge in [-0.2, -0.15) is 0 Å². The van der Waals surface area contributed by atoms with Gasteiger partial charge in [-0.15, -0.1) is 0 Å². The molecule has 2 heteroatoms. The fourth-order valence-corrected chi connectivity index (χ4v) is 7.63. The number of rotatable bonds is 4. The van der Waals surface area contributed by atoms with Crippen LogP contribution in [0.15, 0.2) is 140 Å². The van der Waals surface area contributed by atoms with Crippen LogP contribution in [0.3, 0.4) is 0 Å². The maximum atomic E-state index is 4.39. The first kappa shape index (κ1) is 25.7. The second-order valence-electron chi connectivity index (χ2n) is 12.2. The molecule has 6 aromatic rings. The van der Waals surface area contributed by atoms with E-state index in [0.717, 1.165) is 0 Å². The van der Waals surface area contributed by atoms with Gasteiger partial charge in [0, 0.05) is 18.1 Å². The Morgan fingerprint density at radius 2 is 1.14 bits per heavy atom. The molecule has 8 rings (SSSR count). The average Bonchev–Trinajstić information content (AvgIpc) is 3.37. The van der Waals surface area contributed by atoms with Crippen LogP contribution in [0.5, 0.6) is 0 Å². The van der Waals surface area contributed by atoms with E-state index in [1.165, 1.54) is 67.1 Å². The van der Waals surface area contributed by atoms with Crippen LogP contribution >= 0.6 is 0 Å². The highest BCUT2D eigenvalue weighted by atomic mass is 15.2. The van der Waals surface area contributed by atoms with Crippen molar-refractivity contribution in [3.63, 3.8) is 0 Å². The van der Waals surface area contributed by atoms with E-state index < -0.39 is 5.41 Å². The van der Waals surface area contributed by atoms with Crippen LogP contribution in [0.1, 0.15) is 54.5 Å². The first-order valence-corrected chi connectivity index (χ1v) is 15.3. The van der Waals surface area contributed by atoms with Crippen molar-refractivity contribution in [2.45, 2.75) is 32.1 Å². The molecule has 43 heavy (non-hydrogen) atoms. The maximum absolute atomic E-state index is 4.39. The standard InChI is InChI=1S/C41H34N2/c1-27(2)28(3)31-21-22-32(29-23-25-42-26-24-29)40-39(31)33-15-7-8-16-34(33)41(40)35-17-9-11-19-37(35)43(30-13-5-4-6-14-30)38-20-12-10-18-36(38)41/h4-28H,1-3H3. The number of nitrogens with zero attached hydrogens (tertiary/aromatic N) is 2. The Balaban J connectivity index is 1.58. The number of hydrogen-bond donors (Lipinski definition) is 0. The van der Waals surface area contributed by atoms with Gasteiger partial charge in [-0.25, -0.2) is 0 Å². The first-order valence-electron chi connectivity index (χ1n) is 15.3. The molecule has 0 saturated heterocycles. The minimum Gasteiger partial charge on any atom is -0.310 e. The SMILES string of the molecule is CC(C)C(C)c1ccc(-c2ccncc2)c2c1-c1ccccc1C21c2ccccc2N(c2ccccc2)c2ccccc21. The first-order chi connectivity index (χ1) is 21.1. The van der Waals surface area contributed by atoms with Crippen molar-refractivity contribution in [3.8, 4) is 22.3 Å². The lowest BCUT2D eigenvalue weighted by Gasteiger charge is -2.45. The fourth-order valence-electron chi connectivity index (χ4n) is 7.63. The van der Waals surface area contributed by atoms with Crippen LogP contribution in [-0.2, 0) is 5.41 Å². The molecule has 0 radical (unpaired) electrons. The van der Waals surface area contributed by atoms with Crippen LogP contribution in [-0.4, -0.2) is 4.98 Å². The summed E-state index contributed by atoms with van der Waals surface area (Å²) in [5.74, 6) is 0.914. The van der Waals surface area contributed by atoms with Gasteiger partial charge in [0.15, 0.2) is 0 Å². The van der Waals surface area contributed by atoms with Crippen molar-refractivity contribution >= 4 is 17.1 Å². The van der Waals surface area contributed by atoms with Crippen LogP contribution < -0.4 is 4.90 Å². The van der Waals surface area contributed by atoms with Gasteiger partial charge in [0.2, 0.25) is 0 Å². The molecular formula is C41H34N2. The van der Waals surface area contributed by atoms with E-state index >= 15 is 0 Å². The Hall–Kier alpha value is -4.95. The molecule has 0 saturated carbocycles. The zero-order valence-electron chi connectivity index (χ0n) is 24.8. The van der Waals surface area contributed by atoms with Crippen molar-refractivity contribution in [2.75, 3.05) is 4.90 Å². The third-order valence-electron chi connectivity index (χ3n) is 9.81. The number of anilines is 3. The fraction of sp³-hybridized carbons (Fsp3) is 0.146. The van der Waals surface area contributed by atoms with E-state index in [2.05, 4.69) is 158 Å². The van der Waals surface area contributed by atoms with Gasteiger partial charge < -0.3 is 4.90 Å². The zero-order chi connectivity index (χ0) is 29.1. The number of hydrogen-bond acceptors (Lipinski definition) is 2. The molecule has 0 fully saturated rings. The highest BCUT2D eigenvalue weighted by Crippen LogP contribution is 2.65. The largest absolute Gasteiger partial charge is 0.310 e. The van der Waals surface area contributed by atoms with Gasteiger partial charge >= 0.3 is 0 Å². The third kappa shape index (κ3) is 3.56. The number of pyridine rings is 1. The second kappa shape index (κ2) is 9.81. The summed E-state index contributed by atoms with van der Waals surface area (Å²) in [6.45, 7) is 7.07. The Bertz CT molecular complexity index is 1930. The lowest BCUT2D eigenvalue weighted by molar-refractivity contribution is 0.536. The van der Waals surface area contributed by atoms with Gasteiger partial charge in [0.25, 0.3) is 0 Å². The highest BCUT2D eigenvalue weighted by Gasteiger charge is 2.53. The topological polar surface area (TPSA) is 16.1 Å². The summed E-state index contributed by atoms with van der Waals surface area (Å²) in [6.07, 6.45) is 3.84. The molecule has 1 aliphatic carbocycles. The molecule has 1 aliphatic heterocycles. The van der Waals surface area contributed by atoms with Crippen molar-refractivity contribution in [1.82, 2.24) is 4.98 Å². The molecule has 1 unspecified atom stereocenters. The monoisotopic (exact) mass is 554 g/mol. The smallest absolute Gasteiger partial charge is 0.0760 e. The van der Waals surface area contributed by atoms with Crippen LogP contribution in [0.25, 0.3) is 22.3 Å². The molecule has 1 atom stereocenters. The maximum Gasteiger partial charge on any atom is 0.0760 e. The molecule has 1 aromatic heterocycles. The average molecular weight is 555 g/mol. The summed E-state index contributed by atoms with van der Waals surface area (Å²) < 4.78 is 0. The third-order valence-corrected chi connectivity index (χ3v) is 9.81. The summed E-state index contributed by atoms with van der Waals surface area (Å²) in [6, 6.07) is 47.2. The Morgan fingerprint density at radius 1 is 0.558 bits per heavy atom. The molecule has 2 heterocycles. The van der Waals surface area contributed by atoms with E-state index in [4.69, 9.17) is 0 Å². The summed E-state index contributed by atoms with van der Waals surface area (Å²) in [7, 11) is 0. The second-order valence-corrected chi connectivity index (χ2v) is 12.2. The molecular weight excluding hydrogens is 520 g/mol. The van der Waals surface area contributed by atoms with Crippen molar-refractivity contribution in [3.05, 3.63) is 168 Å². The predicted molar refractivity (Wildman–Crippen MR) is 178 cm³/mol. The Morgan fingerprint density at radius 3 is 1.79 bits per heavy atom. The molecule has 0 amide bonds. The minimum absolute atomic E-state index is 0.401. The Kier molecular flexibility index (Phi) is 5.87. The van der Waals surface area contributed by atoms with Gasteiger partial charge in [0.1, 0.15) is 0 Å². The molecule has 0 N–H and O–H groups in total. The van der Waals surface area contributed by atoms with Gasteiger partial charge in [-0.05, 0) is 98.3 Å². The predicted octanol–water partition coefficient (Wildman–Crippen LogP) is 10.7. The number of aromatic nitrogens is 1. The van der Waals surface area contributed by atoms with Gasteiger partial charge in [0.05, 0.1) is 16.8 Å². The number of benzene rings is 5. The van der Waals surface area contributed by atoms with Gasteiger partial charge in [-0.3, -0.25) is 4.98 Å². The molecule has 2 nitrogen and oxygen atoms in total. The van der Waals surface area contributed by atoms with E-state index in [0.29, 0.717) is 11.8 Å². The lowest BCUT2D eigenvalue weighted by Crippen LogP contribution is -2.36. The molecule has 1 spiro atoms. The molecule has 2 aliphatic rings. The van der Waals surface area contributed by atoms with Gasteiger partial charge in [-0.1, -0.05) is 112 Å². The minimum atomic E-state index is -0.490. The normalized spacial score (nSPS) is 14.7. The molecule has 5 aromatic carbocycles. The lowest BCUT2D eigenvalue weighted by atomic mass is 9.63. The summed E-state index contributed by atoms with van der Waals surface area (Å²) in [5.41, 5.74) is 15.1. The molecule has 208 valence electrons. The van der Waals surface area contributed by atoms with E-state index in [1.807, 2.05) is 12.4 Å². The van der Waals surface area contributed by atoms with E-state index in [9.17, 15) is 0 Å². The summed E-state index contributed by atoms with van der Waals surface area (Å²) in [4.78, 5) is 6.83. The summed E-state index contributed by atoms with van der Waals surface area (Å²) in [5, 5.41) is 0. The quantitative estimate of drug-likeness (QED) is 0.215.